The van der Waals surface area contributed by atoms with Gasteiger partial charge in [0.25, 0.3) is 0 Å². The van der Waals surface area contributed by atoms with Crippen molar-refractivity contribution >= 4 is 118 Å². The van der Waals surface area contributed by atoms with Gasteiger partial charge in [0.05, 0.1) is 22.1 Å². The SMILES string of the molecule is Fc1ccc(-n2c3ccc(N(c4ccc(-c5ccccc5)cc4)c4ccc5c(c4)c4cc([Si](c6ccccc6)(c6ccccc6)c6ccccc6)ccc4n5-c4ccc(F)cc4)cc3c3cc([Si](c4ccccc4)(c4ccccc4)c4ccccc4)ccc32)cc1. The molecule has 432 valence electrons. The Labute approximate surface area is 529 Å². The van der Waals surface area contributed by atoms with Gasteiger partial charge in [-0.1, -0.05) is 249 Å². The van der Waals surface area contributed by atoms with Gasteiger partial charge in [0.1, 0.15) is 11.6 Å². The van der Waals surface area contributed by atoms with Crippen LogP contribution in [0, 0.1) is 11.6 Å². The molecule has 0 aliphatic heterocycles. The van der Waals surface area contributed by atoms with Crippen LogP contribution in [0.15, 0.2) is 358 Å². The number of fused-ring (bicyclic) bond motifs is 6. The number of anilines is 3. The van der Waals surface area contributed by atoms with Gasteiger partial charge in [-0.25, -0.2) is 8.78 Å². The highest BCUT2D eigenvalue weighted by atomic mass is 28.3. The van der Waals surface area contributed by atoms with E-state index >= 15 is 0 Å². The van der Waals surface area contributed by atoms with E-state index in [2.05, 4.69) is 323 Å². The number of nitrogens with zero attached hydrogens (tertiary/aromatic N) is 3. The number of halogens is 2. The van der Waals surface area contributed by atoms with Crippen molar-refractivity contribution in [3.63, 3.8) is 0 Å². The third-order valence-electron chi connectivity index (χ3n) is 18.5. The van der Waals surface area contributed by atoms with Gasteiger partial charge in [0, 0.05) is 50.0 Å². The molecular weight excluding hydrogens is 1150 g/mol. The van der Waals surface area contributed by atoms with E-state index in [1.165, 1.54) is 41.5 Å². The van der Waals surface area contributed by atoms with Crippen molar-refractivity contribution in [3.05, 3.63) is 370 Å². The number of hydrogen-bond acceptors (Lipinski definition) is 1. The second kappa shape index (κ2) is 23.1. The van der Waals surface area contributed by atoms with Gasteiger partial charge in [0.2, 0.25) is 0 Å². The number of aromatic nitrogens is 2. The first-order valence-corrected chi connectivity index (χ1v) is 34.9. The summed E-state index contributed by atoms with van der Waals surface area (Å²) in [6.45, 7) is 0. The first-order chi connectivity index (χ1) is 44.9. The minimum atomic E-state index is -2.99. The number of hydrogen-bond donors (Lipinski definition) is 0. The molecule has 0 N–H and O–H groups in total. The number of benzene rings is 14. The maximum atomic E-state index is 15.0. The van der Waals surface area contributed by atoms with Gasteiger partial charge in [0.15, 0.2) is 16.1 Å². The molecule has 0 aliphatic carbocycles. The Kier molecular flexibility index (Phi) is 14.0. The highest BCUT2D eigenvalue weighted by Gasteiger charge is 2.43. The van der Waals surface area contributed by atoms with Crippen molar-refractivity contribution in [1.29, 1.82) is 0 Å². The zero-order valence-corrected chi connectivity index (χ0v) is 51.7. The third-order valence-corrected chi connectivity index (χ3v) is 28.1. The Balaban J connectivity index is 0.969. The lowest BCUT2D eigenvalue weighted by Crippen LogP contribution is -2.74. The number of rotatable bonds is 14. The second-order valence-electron chi connectivity index (χ2n) is 23.4. The standard InChI is InChI=1S/C84H59F2N3Si2/c85-62-38-44-65(45-39-62)88-81-52-48-67(56-77(81)79-58-75(50-54-83(79)88)90(69-24-10-2-11-25-69,70-26-12-3-13-27-70)71-28-14-4-15-29-71)87(64-42-36-61(37-43-64)60-22-8-1-9-23-60)68-49-53-82-78(57-68)80-59-76(51-55-84(80)89(82)66-46-40-63(86)41-47-66)91(72-30-16-5-17-31-72,73-32-18-6-19-33-73)74-34-20-7-21-35-74/h1-59H. The first-order valence-electron chi connectivity index (χ1n) is 30.9. The van der Waals surface area contributed by atoms with Crippen LogP contribution in [0.5, 0.6) is 0 Å². The lowest BCUT2D eigenvalue weighted by molar-refractivity contribution is 0.627. The van der Waals surface area contributed by atoms with E-state index in [4.69, 9.17) is 0 Å². The average molecular weight is 1200 g/mol. The van der Waals surface area contributed by atoms with Gasteiger partial charge >= 0.3 is 0 Å². The lowest BCUT2D eigenvalue weighted by atomic mass is 10.0. The van der Waals surface area contributed by atoms with Crippen LogP contribution in [0.2, 0.25) is 0 Å². The summed E-state index contributed by atoms with van der Waals surface area (Å²) >= 11 is 0. The monoisotopic (exact) mass is 1200 g/mol. The van der Waals surface area contributed by atoms with Crippen LogP contribution in [0.4, 0.5) is 25.8 Å². The molecule has 0 radical (unpaired) electrons. The van der Waals surface area contributed by atoms with Gasteiger partial charge < -0.3 is 14.0 Å². The minimum absolute atomic E-state index is 0.286. The quantitative estimate of drug-likeness (QED) is 0.0781. The maximum Gasteiger partial charge on any atom is 0.179 e. The third kappa shape index (κ3) is 9.36. The molecule has 0 unspecified atom stereocenters. The summed E-state index contributed by atoms with van der Waals surface area (Å²) in [4.78, 5) is 2.39. The summed E-state index contributed by atoms with van der Waals surface area (Å²) in [5, 5.41) is 14.5. The van der Waals surface area contributed by atoms with Crippen molar-refractivity contribution in [3.8, 4) is 22.5 Å². The fourth-order valence-electron chi connectivity index (χ4n) is 14.5. The molecule has 2 heterocycles. The largest absolute Gasteiger partial charge is 0.310 e. The topological polar surface area (TPSA) is 13.1 Å². The summed E-state index contributed by atoms with van der Waals surface area (Å²) in [6.07, 6.45) is 0. The van der Waals surface area contributed by atoms with Crippen LogP contribution in [0.25, 0.3) is 66.1 Å². The Morgan fingerprint density at radius 2 is 0.484 bits per heavy atom. The highest BCUT2D eigenvalue weighted by Crippen LogP contribution is 2.43. The van der Waals surface area contributed by atoms with E-state index in [-0.39, 0.29) is 11.6 Å². The highest BCUT2D eigenvalue weighted by molar-refractivity contribution is 7.20. The summed E-state index contributed by atoms with van der Waals surface area (Å²) in [6, 6.07) is 127. The van der Waals surface area contributed by atoms with Crippen LogP contribution in [0.3, 0.4) is 0 Å². The molecule has 16 rings (SSSR count). The summed E-state index contributed by atoms with van der Waals surface area (Å²) in [5.41, 5.74) is 10.9. The van der Waals surface area contributed by atoms with E-state index in [1.807, 2.05) is 24.3 Å². The maximum absolute atomic E-state index is 15.0. The molecule has 91 heavy (non-hydrogen) atoms. The molecule has 0 atom stereocenters. The zero-order valence-electron chi connectivity index (χ0n) is 49.7. The van der Waals surface area contributed by atoms with Crippen molar-refractivity contribution in [2.75, 3.05) is 4.90 Å². The molecule has 3 nitrogen and oxygen atoms in total. The first kappa shape index (κ1) is 55.1. The average Bonchev–Trinajstić information content (AvgIpc) is 1.69. The van der Waals surface area contributed by atoms with Crippen LogP contribution in [0.1, 0.15) is 0 Å². The van der Waals surface area contributed by atoms with E-state index in [0.717, 1.165) is 83.2 Å². The smallest absolute Gasteiger partial charge is 0.179 e. The molecule has 0 spiro atoms. The van der Waals surface area contributed by atoms with Gasteiger partial charge in [-0.05, 0) is 162 Å². The van der Waals surface area contributed by atoms with E-state index in [9.17, 15) is 8.78 Å². The van der Waals surface area contributed by atoms with E-state index in [0.29, 0.717) is 0 Å². The fraction of sp³-hybridized carbons (Fsp3) is 0. The molecule has 14 aromatic carbocycles. The Hall–Kier alpha value is -11.2. The molecule has 7 heteroatoms. The van der Waals surface area contributed by atoms with Crippen molar-refractivity contribution in [2.24, 2.45) is 0 Å². The molecule has 0 bridgehead atoms. The van der Waals surface area contributed by atoms with Crippen molar-refractivity contribution in [1.82, 2.24) is 9.13 Å². The van der Waals surface area contributed by atoms with E-state index < -0.39 is 16.1 Å². The Morgan fingerprint density at radius 1 is 0.220 bits per heavy atom. The van der Waals surface area contributed by atoms with E-state index in [1.54, 1.807) is 24.3 Å². The zero-order chi connectivity index (χ0) is 60.9. The van der Waals surface area contributed by atoms with Crippen LogP contribution >= 0.6 is 0 Å². The van der Waals surface area contributed by atoms with Crippen LogP contribution in [-0.2, 0) is 0 Å². The van der Waals surface area contributed by atoms with Crippen molar-refractivity contribution < 1.29 is 8.78 Å². The molecule has 0 aliphatic rings. The summed E-state index contributed by atoms with van der Waals surface area (Å²) < 4.78 is 34.5. The fourth-order valence-corrected chi connectivity index (χ4v) is 24.1. The molecule has 0 saturated carbocycles. The summed E-state index contributed by atoms with van der Waals surface area (Å²) in [5.74, 6) is -0.572. The normalized spacial score (nSPS) is 11.8. The lowest BCUT2D eigenvalue weighted by Gasteiger charge is -2.34. The minimum Gasteiger partial charge on any atom is -0.310 e. The van der Waals surface area contributed by atoms with Crippen LogP contribution < -0.4 is 46.4 Å². The predicted molar refractivity (Wildman–Crippen MR) is 382 cm³/mol. The van der Waals surface area contributed by atoms with Crippen molar-refractivity contribution in [2.45, 2.75) is 0 Å². The molecule has 0 fully saturated rings. The van der Waals surface area contributed by atoms with Crippen LogP contribution in [-0.4, -0.2) is 25.3 Å². The summed E-state index contributed by atoms with van der Waals surface area (Å²) in [7, 11) is -5.98. The Bertz CT molecular complexity index is 4770. The van der Waals surface area contributed by atoms with Gasteiger partial charge in [-0.15, -0.1) is 0 Å². The second-order valence-corrected chi connectivity index (χ2v) is 31.1. The Morgan fingerprint density at radius 3 is 0.802 bits per heavy atom. The molecule has 0 saturated heterocycles. The molecule has 2 aromatic heterocycles. The van der Waals surface area contributed by atoms with Gasteiger partial charge in [-0.3, -0.25) is 0 Å². The molecular formula is C84H59F2N3Si2. The van der Waals surface area contributed by atoms with Gasteiger partial charge in [-0.2, -0.15) is 0 Å². The molecule has 0 amide bonds. The predicted octanol–water partition coefficient (Wildman–Crippen LogP) is 16.1. The molecule has 16 aromatic rings.